The van der Waals surface area contributed by atoms with Gasteiger partial charge in [-0.05, 0) is 61.5 Å². The Balaban J connectivity index is 1.85. The smallest absolute Gasteiger partial charge is 0.0928 e. The van der Waals surface area contributed by atoms with E-state index in [2.05, 4.69) is 37.3 Å². The first-order valence-corrected chi connectivity index (χ1v) is 7.65. The quantitative estimate of drug-likeness (QED) is 0.618. The lowest BCUT2D eigenvalue weighted by Gasteiger charge is -2.27. The van der Waals surface area contributed by atoms with Gasteiger partial charge in [0.05, 0.1) is 6.67 Å². The number of rotatable bonds is 5. The van der Waals surface area contributed by atoms with Crippen molar-refractivity contribution in [3.05, 3.63) is 47.5 Å². The highest BCUT2D eigenvalue weighted by atomic mass is 19.1. The number of hydrogen-bond donors (Lipinski definition) is 0. The predicted molar refractivity (Wildman–Crippen MR) is 80.3 cm³/mol. The van der Waals surface area contributed by atoms with Crippen LogP contribution in [0.2, 0.25) is 0 Å². The third-order valence-electron chi connectivity index (χ3n) is 4.32. The minimum Gasteiger partial charge on any atom is -0.251 e. The van der Waals surface area contributed by atoms with Crippen molar-refractivity contribution in [1.29, 1.82) is 0 Å². The Labute approximate surface area is 116 Å². The molecule has 104 valence electrons. The van der Waals surface area contributed by atoms with Gasteiger partial charge in [-0.25, -0.2) is 0 Å². The zero-order valence-electron chi connectivity index (χ0n) is 11.9. The standard InChI is InChI=1S/C18H25F/c1-2-15-6-10-17(11-7-15)18-12-8-16(9-13-18)5-3-4-14-19/h3,5-7,10-11,16,18H,2,4,8-9,12-14H2,1H3/b5-3+/t16-,18-. The lowest BCUT2D eigenvalue weighted by molar-refractivity contribution is 0.375. The van der Waals surface area contributed by atoms with Crippen LogP contribution < -0.4 is 0 Å². The number of halogens is 1. The zero-order chi connectivity index (χ0) is 13.5. The van der Waals surface area contributed by atoms with Crippen LogP contribution in [0.1, 0.15) is 56.1 Å². The van der Waals surface area contributed by atoms with Crippen LogP contribution in [0.5, 0.6) is 0 Å². The van der Waals surface area contributed by atoms with Gasteiger partial charge in [0.15, 0.2) is 0 Å². The molecule has 1 aliphatic carbocycles. The summed E-state index contributed by atoms with van der Waals surface area (Å²) in [6.45, 7) is 1.97. The average molecular weight is 260 g/mol. The molecule has 0 amide bonds. The molecule has 0 heterocycles. The molecule has 0 atom stereocenters. The number of allylic oxidation sites excluding steroid dienone is 2. The Hall–Kier alpha value is -1.11. The van der Waals surface area contributed by atoms with E-state index < -0.39 is 0 Å². The number of alkyl halides is 1. The molecule has 2 rings (SSSR count). The van der Waals surface area contributed by atoms with Crippen molar-refractivity contribution in [2.75, 3.05) is 6.67 Å². The SMILES string of the molecule is CCc1ccc([C@H]2CC[C@H](/C=C/CCF)CC2)cc1. The first-order chi connectivity index (χ1) is 9.33. The van der Waals surface area contributed by atoms with E-state index in [1.807, 2.05) is 6.08 Å². The van der Waals surface area contributed by atoms with E-state index in [0.29, 0.717) is 12.3 Å². The van der Waals surface area contributed by atoms with Gasteiger partial charge in [-0.1, -0.05) is 43.3 Å². The Kier molecular flexibility index (Phi) is 5.62. The summed E-state index contributed by atoms with van der Waals surface area (Å²) in [4.78, 5) is 0. The van der Waals surface area contributed by atoms with Gasteiger partial charge in [-0.15, -0.1) is 0 Å². The molecule has 0 unspecified atom stereocenters. The molecule has 1 aromatic carbocycles. The molecule has 0 nitrogen and oxygen atoms in total. The highest BCUT2D eigenvalue weighted by molar-refractivity contribution is 5.25. The van der Waals surface area contributed by atoms with Gasteiger partial charge in [-0.2, -0.15) is 0 Å². The third-order valence-corrected chi connectivity index (χ3v) is 4.32. The van der Waals surface area contributed by atoms with E-state index in [0.717, 1.165) is 12.3 Å². The van der Waals surface area contributed by atoms with Crippen molar-refractivity contribution in [1.82, 2.24) is 0 Å². The molecule has 19 heavy (non-hydrogen) atoms. The first kappa shape index (κ1) is 14.3. The fourth-order valence-corrected chi connectivity index (χ4v) is 3.02. The maximum absolute atomic E-state index is 12.0. The van der Waals surface area contributed by atoms with Crippen LogP contribution in [0.3, 0.4) is 0 Å². The summed E-state index contributed by atoms with van der Waals surface area (Å²) in [6.07, 6.45) is 11.0. The molecule has 1 fully saturated rings. The molecular weight excluding hydrogens is 235 g/mol. The molecule has 0 saturated heterocycles. The molecule has 1 saturated carbocycles. The van der Waals surface area contributed by atoms with E-state index in [9.17, 15) is 4.39 Å². The Bertz CT molecular complexity index is 383. The van der Waals surface area contributed by atoms with Crippen LogP contribution in [-0.2, 0) is 6.42 Å². The molecule has 0 N–H and O–H groups in total. The van der Waals surface area contributed by atoms with Crippen LogP contribution in [0.4, 0.5) is 4.39 Å². The van der Waals surface area contributed by atoms with Gasteiger partial charge in [0, 0.05) is 0 Å². The summed E-state index contributed by atoms with van der Waals surface area (Å²) in [5, 5.41) is 0. The third kappa shape index (κ3) is 4.19. The van der Waals surface area contributed by atoms with Crippen LogP contribution in [0.25, 0.3) is 0 Å². The molecule has 1 aromatic rings. The Morgan fingerprint density at radius 2 is 1.79 bits per heavy atom. The molecule has 1 heteroatoms. The summed E-state index contributed by atoms with van der Waals surface area (Å²) < 4.78 is 12.0. The Morgan fingerprint density at radius 3 is 2.37 bits per heavy atom. The summed E-state index contributed by atoms with van der Waals surface area (Å²) in [5.41, 5.74) is 2.93. The summed E-state index contributed by atoms with van der Waals surface area (Å²) in [5.74, 6) is 1.41. The van der Waals surface area contributed by atoms with Crippen molar-refractivity contribution in [3.8, 4) is 0 Å². The van der Waals surface area contributed by atoms with Gasteiger partial charge in [-0.3, -0.25) is 4.39 Å². The van der Waals surface area contributed by atoms with Crippen LogP contribution in [-0.4, -0.2) is 6.67 Å². The molecule has 0 bridgehead atoms. The highest BCUT2D eigenvalue weighted by Crippen LogP contribution is 2.36. The molecule has 0 aromatic heterocycles. The van der Waals surface area contributed by atoms with Crippen molar-refractivity contribution in [3.63, 3.8) is 0 Å². The molecular formula is C18H25F. The summed E-state index contributed by atoms with van der Waals surface area (Å²) >= 11 is 0. The van der Waals surface area contributed by atoms with Gasteiger partial charge in [0.1, 0.15) is 0 Å². The number of benzene rings is 1. The normalized spacial score (nSPS) is 23.9. The van der Waals surface area contributed by atoms with Gasteiger partial charge >= 0.3 is 0 Å². The van der Waals surface area contributed by atoms with Crippen molar-refractivity contribution < 1.29 is 4.39 Å². The summed E-state index contributed by atoms with van der Waals surface area (Å²) in [7, 11) is 0. The number of hydrogen-bond acceptors (Lipinski definition) is 0. The fourth-order valence-electron chi connectivity index (χ4n) is 3.02. The first-order valence-electron chi connectivity index (χ1n) is 7.65. The second-order valence-corrected chi connectivity index (χ2v) is 5.61. The van der Waals surface area contributed by atoms with E-state index in [4.69, 9.17) is 0 Å². The topological polar surface area (TPSA) is 0 Å². The van der Waals surface area contributed by atoms with Gasteiger partial charge < -0.3 is 0 Å². The van der Waals surface area contributed by atoms with Crippen molar-refractivity contribution in [2.24, 2.45) is 5.92 Å². The lowest BCUT2D eigenvalue weighted by Crippen LogP contribution is -2.11. The lowest BCUT2D eigenvalue weighted by atomic mass is 9.78. The maximum Gasteiger partial charge on any atom is 0.0928 e. The Morgan fingerprint density at radius 1 is 1.11 bits per heavy atom. The van der Waals surface area contributed by atoms with E-state index in [1.165, 1.54) is 36.8 Å². The predicted octanol–water partition coefficient (Wildman–Crippen LogP) is 5.44. The van der Waals surface area contributed by atoms with Crippen LogP contribution in [0, 0.1) is 5.92 Å². The monoisotopic (exact) mass is 260 g/mol. The second-order valence-electron chi connectivity index (χ2n) is 5.61. The van der Waals surface area contributed by atoms with E-state index in [-0.39, 0.29) is 6.67 Å². The van der Waals surface area contributed by atoms with Crippen molar-refractivity contribution in [2.45, 2.75) is 51.4 Å². The van der Waals surface area contributed by atoms with Crippen molar-refractivity contribution >= 4 is 0 Å². The van der Waals surface area contributed by atoms with Crippen LogP contribution in [0.15, 0.2) is 36.4 Å². The molecule has 0 spiro atoms. The number of aryl methyl sites for hydroxylation is 1. The van der Waals surface area contributed by atoms with Gasteiger partial charge in [0.25, 0.3) is 0 Å². The summed E-state index contributed by atoms with van der Waals surface area (Å²) in [6, 6.07) is 9.15. The molecule has 0 radical (unpaired) electrons. The average Bonchev–Trinajstić information content (AvgIpc) is 2.48. The second kappa shape index (κ2) is 7.47. The van der Waals surface area contributed by atoms with Gasteiger partial charge in [0.2, 0.25) is 0 Å². The van der Waals surface area contributed by atoms with E-state index in [1.54, 1.807) is 0 Å². The maximum atomic E-state index is 12.0. The zero-order valence-corrected chi connectivity index (χ0v) is 11.9. The fraction of sp³-hybridized carbons (Fsp3) is 0.556. The molecule has 1 aliphatic rings. The highest BCUT2D eigenvalue weighted by Gasteiger charge is 2.20. The van der Waals surface area contributed by atoms with E-state index >= 15 is 0 Å². The minimum atomic E-state index is -0.227. The van der Waals surface area contributed by atoms with Crippen LogP contribution >= 0.6 is 0 Å². The largest absolute Gasteiger partial charge is 0.251 e. The molecule has 0 aliphatic heterocycles. The minimum absolute atomic E-state index is 0.227.